The minimum Gasteiger partial charge on any atom is -0.494 e. The zero-order valence-corrected chi connectivity index (χ0v) is 11.9. The van der Waals surface area contributed by atoms with E-state index in [1.165, 1.54) is 24.3 Å². The molecule has 0 unspecified atom stereocenters. The molecule has 0 aliphatic rings. The Hall–Kier alpha value is -2.82. The van der Waals surface area contributed by atoms with Crippen molar-refractivity contribution in [3.05, 3.63) is 60.1 Å². The number of benzene rings is 2. The maximum absolute atomic E-state index is 13.1. The second-order valence-electron chi connectivity index (χ2n) is 4.70. The lowest BCUT2D eigenvalue weighted by Gasteiger charge is -2.05. The molecular weight excluding hydrogens is 285 g/mol. The molecule has 0 aliphatic heterocycles. The smallest absolute Gasteiger partial charge is 0.291 e. The highest BCUT2D eigenvalue weighted by molar-refractivity contribution is 6.04. The second-order valence-corrected chi connectivity index (χ2v) is 4.70. The average molecular weight is 299 g/mol. The lowest BCUT2D eigenvalue weighted by atomic mass is 10.2. The Kier molecular flexibility index (Phi) is 3.78. The predicted octanol–water partition coefficient (Wildman–Crippen LogP) is 4.22. The summed E-state index contributed by atoms with van der Waals surface area (Å²) in [6.07, 6.45) is 0. The number of hydrogen-bond acceptors (Lipinski definition) is 3. The monoisotopic (exact) mass is 299 g/mol. The van der Waals surface area contributed by atoms with Gasteiger partial charge in [-0.15, -0.1) is 0 Å². The molecule has 0 spiro atoms. The molecule has 0 aliphatic carbocycles. The highest BCUT2D eigenvalue weighted by Gasteiger charge is 2.13. The number of carbonyl (C=O) groups excluding carboxylic acids is 1. The Bertz CT molecular complexity index is 808. The SMILES string of the molecule is CCOc1ccc(NC(=O)c2cc3cc(F)ccc3o2)cc1. The summed E-state index contributed by atoms with van der Waals surface area (Å²) in [5.74, 6) is 0.113. The van der Waals surface area contributed by atoms with Crippen LogP contribution in [0.4, 0.5) is 10.1 Å². The van der Waals surface area contributed by atoms with E-state index in [4.69, 9.17) is 9.15 Å². The van der Waals surface area contributed by atoms with E-state index < -0.39 is 0 Å². The van der Waals surface area contributed by atoms with Crippen molar-refractivity contribution in [3.8, 4) is 5.75 Å². The van der Waals surface area contributed by atoms with E-state index in [2.05, 4.69) is 5.32 Å². The van der Waals surface area contributed by atoms with Crippen LogP contribution in [-0.2, 0) is 0 Å². The molecule has 0 fully saturated rings. The van der Waals surface area contributed by atoms with Crippen molar-refractivity contribution in [2.45, 2.75) is 6.92 Å². The molecule has 2 aromatic carbocycles. The van der Waals surface area contributed by atoms with Gasteiger partial charge in [0, 0.05) is 11.1 Å². The minimum atomic E-state index is -0.388. The van der Waals surface area contributed by atoms with E-state index in [-0.39, 0.29) is 17.5 Å². The lowest BCUT2D eigenvalue weighted by Crippen LogP contribution is -2.10. The Labute approximate surface area is 126 Å². The Morgan fingerprint density at radius 2 is 1.95 bits per heavy atom. The maximum atomic E-state index is 13.1. The van der Waals surface area contributed by atoms with Gasteiger partial charge in [0.15, 0.2) is 5.76 Å². The van der Waals surface area contributed by atoms with Crippen molar-refractivity contribution < 1.29 is 18.3 Å². The summed E-state index contributed by atoms with van der Waals surface area (Å²) in [5.41, 5.74) is 1.10. The number of furan rings is 1. The van der Waals surface area contributed by atoms with Gasteiger partial charge in [0.1, 0.15) is 17.1 Å². The van der Waals surface area contributed by atoms with Crippen LogP contribution >= 0.6 is 0 Å². The molecule has 0 saturated carbocycles. The van der Waals surface area contributed by atoms with E-state index in [9.17, 15) is 9.18 Å². The van der Waals surface area contributed by atoms with Gasteiger partial charge < -0.3 is 14.5 Å². The van der Waals surface area contributed by atoms with E-state index in [0.717, 1.165) is 5.75 Å². The number of ether oxygens (including phenoxy) is 1. The molecule has 3 rings (SSSR count). The fraction of sp³-hybridized carbons (Fsp3) is 0.118. The fourth-order valence-corrected chi connectivity index (χ4v) is 2.12. The number of amides is 1. The predicted molar refractivity (Wildman–Crippen MR) is 81.7 cm³/mol. The van der Waals surface area contributed by atoms with E-state index >= 15 is 0 Å². The molecular formula is C17H14FNO3. The first kappa shape index (κ1) is 14.1. The first-order valence-corrected chi connectivity index (χ1v) is 6.89. The third-order valence-corrected chi connectivity index (χ3v) is 3.13. The van der Waals surface area contributed by atoms with Gasteiger partial charge in [-0.1, -0.05) is 0 Å². The molecule has 0 radical (unpaired) electrons. The van der Waals surface area contributed by atoms with Crippen LogP contribution in [0.3, 0.4) is 0 Å². The summed E-state index contributed by atoms with van der Waals surface area (Å²) in [4.78, 5) is 12.1. The fourth-order valence-electron chi connectivity index (χ4n) is 2.12. The maximum Gasteiger partial charge on any atom is 0.291 e. The van der Waals surface area contributed by atoms with Crippen LogP contribution in [0.25, 0.3) is 11.0 Å². The van der Waals surface area contributed by atoms with E-state index in [1.807, 2.05) is 6.92 Å². The molecule has 1 amide bonds. The van der Waals surface area contributed by atoms with Gasteiger partial charge in [-0.3, -0.25) is 4.79 Å². The number of halogens is 1. The van der Waals surface area contributed by atoms with Crippen molar-refractivity contribution >= 4 is 22.6 Å². The van der Waals surface area contributed by atoms with Crippen LogP contribution in [0, 0.1) is 5.82 Å². The van der Waals surface area contributed by atoms with Crippen molar-refractivity contribution in [3.63, 3.8) is 0 Å². The Morgan fingerprint density at radius 3 is 2.68 bits per heavy atom. The van der Waals surface area contributed by atoms with Gasteiger partial charge in [0.25, 0.3) is 5.91 Å². The zero-order chi connectivity index (χ0) is 15.5. The summed E-state index contributed by atoms with van der Waals surface area (Å²) in [5, 5.41) is 3.27. The van der Waals surface area contributed by atoms with Crippen LogP contribution in [0.15, 0.2) is 52.9 Å². The van der Waals surface area contributed by atoms with Gasteiger partial charge >= 0.3 is 0 Å². The number of anilines is 1. The summed E-state index contributed by atoms with van der Waals surface area (Å²) in [6, 6.07) is 12.7. The molecule has 0 bridgehead atoms. The van der Waals surface area contributed by atoms with Crippen molar-refractivity contribution in [1.82, 2.24) is 0 Å². The van der Waals surface area contributed by atoms with Crippen LogP contribution in [0.2, 0.25) is 0 Å². The first-order chi connectivity index (χ1) is 10.7. The molecule has 3 aromatic rings. The number of fused-ring (bicyclic) bond motifs is 1. The van der Waals surface area contributed by atoms with Gasteiger partial charge in [-0.2, -0.15) is 0 Å². The quantitative estimate of drug-likeness (QED) is 0.784. The average Bonchev–Trinajstić information content (AvgIpc) is 2.92. The number of nitrogens with one attached hydrogen (secondary N) is 1. The molecule has 0 atom stereocenters. The van der Waals surface area contributed by atoms with Crippen LogP contribution in [0.5, 0.6) is 5.75 Å². The zero-order valence-electron chi connectivity index (χ0n) is 11.9. The standard InChI is InChI=1S/C17H14FNO3/c1-2-21-14-6-4-13(5-7-14)19-17(20)16-10-11-9-12(18)3-8-15(11)22-16/h3-10H,2H2,1H3,(H,19,20). The van der Waals surface area contributed by atoms with Crippen molar-refractivity contribution in [1.29, 1.82) is 0 Å². The van der Waals surface area contributed by atoms with E-state index in [1.54, 1.807) is 24.3 Å². The lowest BCUT2D eigenvalue weighted by molar-refractivity contribution is 0.0998. The summed E-state index contributed by atoms with van der Waals surface area (Å²) in [6.45, 7) is 2.49. The summed E-state index contributed by atoms with van der Waals surface area (Å²) in [7, 11) is 0. The van der Waals surface area contributed by atoms with Gasteiger partial charge in [0.05, 0.1) is 6.61 Å². The largest absolute Gasteiger partial charge is 0.494 e. The normalized spacial score (nSPS) is 10.6. The Morgan fingerprint density at radius 1 is 1.18 bits per heavy atom. The molecule has 4 nitrogen and oxygen atoms in total. The highest BCUT2D eigenvalue weighted by atomic mass is 19.1. The number of carbonyl (C=O) groups is 1. The van der Waals surface area contributed by atoms with E-state index in [0.29, 0.717) is 23.3 Å². The van der Waals surface area contributed by atoms with Crippen LogP contribution < -0.4 is 10.1 Å². The van der Waals surface area contributed by atoms with Crippen molar-refractivity contribution in [2.75, 3.05) is 11.9 Å². The molecule has 0 saturated heterocycles. The molecule has 5 heteroatoms. The van der Waals surface area contributed by atoms with Gasteiger partial charge in [-0.05, 0) is 55.5 Å². The minimum absolute atomic E-state index is 0.134. The number of rotatable bonds is 4. The summed E-state index contributed by atoms with van der Waals surface area (Å²) < 4.78 is 23.9. The van der Waals surface area contributed by atoms with Crippen LogP contribution in [0.1, 0.15) is 17.5 Å². The molecule has 1 aromatic heterocycles. The molecule has 1 N–H and O–H groups in total. The highest BCUT2D eigenvalue weighted by Crippen LogP contribution is 2.22. The summed E-state index contributed by atoms with van der Waals surface area (Å²) >= 11 is 0. The molecule has 112 valence electrons. The van der Waals surface area contributed by atoms with Gasteiger partial charge in [-0.25, -0.2) is 4.39 Å². The van der Waals surface area contributed by atoms with Crippen LogP contribution in [-0.4, -0.2) is 12.5 Å². The second kappa shape index (κ2) is 5.89. The third kappa shape index (κ3) is 2.93. The molecule has 1 heterocycles. The topological polar surface area (TPSA) is 51.5 Å². The van der Waals surface area contributed by atoms with Crippen molar-refractivity contribution in [2.24, 2.45) is 0 Å². The first-order valence-electron chi connectivity index (χ1n) is 6.89. The Balaban J connectivity index is 1.77. The van der Waals surface area contributed by atoms with Gasteiger partial charge in [0.2, 0.25) is 0 Å². The third-order valence-electron chi connectivity index (χ3n) is 3.13. The number of hydrogen-bond donors (Lipinski definition) is 1. The molecule has 22 heavy (non-hydrogen) atoms.